The van der Waals surface area contributed by atoms with Crippen LogP contribution in [0.15, 0.2) is 48.5 Å². The summed E-state index contributed by atoms with van der Waals surface area (Å²) in [6.07, 6.45) is 0. The van der Waals surface area contributed by atoms with Gasteiger partial charge in [0, 0.05) is 11.1 Å². The summed E-state index contributed by atoms with van der Waals surface area (Å²) >= 11 is 0. The second-order valence-electron chi connectivity index (χ2n) is 5.69. The Labute approximate surface area is 153 Å². The number of nitrogens with two attached hydrogens (primary N) is 1. The fourth-order valence-corrected chi connectivity index (χ4v) is 2.58. The molecule has 0 saturated carbocycles. The van der Waals surface area contributed by atoms with Gasteiger partial charge in [-0.25, -0.2) is 0 Å². The van der Waals surface area contributed by atoms with Crippen LogP contribution >= 0.6 is 0 Å². The van der Waals surface area contributed by atoms with Gasteiger partial charge < -0.3 is 5.73 Å². The molecule has 3 rings (SSSR count). The van der Waals surface area contributed by atoms with Crippen molar-refractivity contribution < 1.29 is 24.0 Å². The van der Waals surface area contributed by atoms with Crippen molar-refractivity contribution >= 4 is 29.5 Å². The molecule has 5 amide bonds. The van der Waals surface area contributed by atoms with Crippen LogP contribution in [0.5, 0.6) is 0 Å². The third-order valence-electron chi connectivity index (χ3n) is 3.90. The fraction of sp³-hybridized carbons (Fsp3) is 0.0556. The van der Waals surface area contributed by atoms with E-state index in [0.29, 0.717) is 0 Å². The van der Waals surface area contributed by atoms with E-state index in [-0.39, 0.29) is 22.3 Å². The zero-order valence-electron chi connectivity index (χ0n) is 13.9. The molecule has 0 spiro atoms. The maximum Gasteiger partial charge on any atom is 0.269 e. The second kappa shape index (κ2) is 7.08. The van der Waals surface area contributed by atoms with Gasteiger partial charge in [-0.2, -0.15) is 0 Å². The van der Waals surface area contributed by atoms with Gasteiger partial charge in [0.2, 0.25) is 5.91 Å². The first kappa shape index (κ1) is 17.8. The average molecular weight is 366 g/mol. The van der Waals surface area contributed by atoms with Crippen molar-refractivity contribution in [2.75, 3.05) is 6.54 Å². The van der Waals surface area contributed by atoms with E-state index in [9.17, 15) is 24.0 Å². The van der Waals surface area contributed by atoms with Crippen molar-refractivity contribution in [3.63, 3.8) is 0 Å². The maximum absolute atomic E-state index is 12.2. The summed E-state index contributed by atoms with van der Waals surface area (Å²) in [4.78, 5) is 60.4. The molecule has 9 nitrogen and oxygen atoms in total. The lowest BCUT2D eigenvalue weighted by molar-refractivity contribution is -0.122. The van der Waals surface area contributed by atoms with Crippen LogP contribution in [-0.2, 0) is 4.79 Å². The first-order chi connectivity index (χ1) is 12.9. The molecule has 0 unspecified atom stereocenters. The largest absolute Gasteiger partial charge is 0.366 e. The molecule has 0 bridgehead atoms. The SMILES string of the molecule is NC(=O)c1cccc(C(=O)NNC(=O)CN2C(=O)c3ccccc3C2=O)c1. The molecule has 1 heterocycles. The minimum Gasteiger partial charge on any atom is -0.366 e. The Morgan fingerprint density at radius 1 is 0.852 bits per heavy atom. The Morgan fingerprint density at radius 3 is 2.04 bits per heavy atom. The number of carbonyl (C=O) groups is 5. The first-order valence-corrected chi connectivity index (χ1v) is 7.83. The smallest absolute Gasteiger partial charge is 0.269 e. The number of primary amides is 1. The van der Waals surface area contributed by atoms with Gasteiger partial charge in [-0.1, -0.05) is 18.2 Å². The number of imide groups is 1. The molecule has 0 radical (unpaired) electrons. The lowest BCUT2D eigenvalue weighted by Crippen LogP contribution is -2.47. The summed E-state index contributed by atoms with van der Waals surface area (Å²) in [6.45, 7) is -0.548. The number of hydrazine groups is 1. The second-order valence-corrected chi connectivity index (χ2v) is 5.69. The van der Waals surface area contributed by atoms with Gasteiger partial charge in [-0.3, -0.25) is 39.7 Å². The van der Waals surface area contributed by atoms with Crippen molar-refractivity contribution in [2.45, 2.75) is 0 Å². The van der Waals surface area contributed by atoms with Crippen LogP contribution in [0.3, 0.4) is 0 Å². The molecule has 27 heavy (non-hydrogen) atoms. The molecule has 0 atom stereocenters. The molecule has 9 heteroatoms. The summed E-state index contributed by atoms with van der Waals surface area (Å²) < 4.78 is 0. The standard InChI is InChI=1S/C18H14N4O5/c19-15(24)10-4-3-5-11(8-10)16(25)21-20-14(23)9-22-17(26)12-6-1-2-7-13(12)18(22)27/h1-8H,9H2,(H2,19,24)(H,20,23)(H,21,25). The van der Waals surface area contributed by atoms with E-state index in [1.807, 2.05) is 0 Å². The van der Waals surface area contributed by atoms with Crippen LogP contribution in [0, 0.1) is 0 Å². The molecule has 1 aliphatic rings. The van der Waals surface area contributed by atoms with E-state index in [0.717, 1.165) is 4.90 Å². The van der Waals surface area contributed by atoms with E-state index in [1.165, 1.54) is 36.4 Å². The van der Waals surface area contributed by atoms with Gasteiger partial charge in [-0.05, 0) is 30.3 Å². The lowest BCUT2D eigenvalue weighted by atomic mass is 10.1. The minimum atomic E-state index is -0.760. The number of hydrogen-bond donors (Lipinski definition) is 3. The highest BCUT2D eigenvalue weighted by Crippen LogP contribution is 2.21. The number of nitrogens with one attached hydrogen (secondary N) is 2. The number of benzene rings is 2. The number of carbonyl (C=O) groups excluding carboxylic acids is 5. The van der Waals surface area contributed by atoms with Crippen molar-refractivity contribution in [3.8, 4) is 0 Å². The van der Waals surface area contributed by atoms with Crippen LogP contribution in [0.25, 0.3) is 0 Å². The van der Waals surface area contributed by atoms with Gasteiger partial charge in [0.05, 0.1) is 11.1 Å². The Morgan fingerprint density at radius 2 is 1.44 bits per heavy atom. The van der Waals surface area contributed by atoms with E-state index in [4.69, 9.17) is 5.73 Å². The molecule has 136 valence electrons. The topological polar surface area (TPSA) is 139 Å². The van der Waals surface area contributed by atoms with Crippen LogP contribution in [-0.4, -0.2) is 41.0 Å². The van der Waals surface area contributed by atoms with Gasteiger partial charge in [0.15, 0.2) is 0 Å². The van der Waals surface area contributed by atoms with Crippen molar-refractivity contribution in [3.05, 3.63) is 70.8 Å². The van der Waals surface area contributed by atoms with Crippen LogP contribution < -0.4 is 16.6 Å². The summed E-state index contributed by atoms with van der Waals surface area (Å²) in [5, 5.41) is 0. The van der Waals surface area contributed by atoms with E-state index < -0.39 is 36.1 Å². The lowest BCUT2D eigenvalue weighted by Gasteiger charge is -2.14. The molecule has 2 aromatic rings. The number of hydrogen-bond acceptors (Lipinski definition) is 5. The average Bonchev–Trinajstić information content (AvgIpc) is 2.91. The summed E-state index contributed by atoms with van der Waals surface area (Å²) in [5.74, 6) is -3.30. The van der Waals surface area contributed by atoms with Crippen molar-refractivity contribution in [1.82, 2.24) is 15.8 Å². The van der Waals surface area contributed by atoms with Crippen molar-refractivity contribution in [1.29, 1.82) is 0 Å². The Hall–Kier alpha value is -4.01. The number of fused-ring (bicyclic) bond motifs is 1. The van der Waals surface area contributed by atoms with Crippen LogP contribution in [0.1, 0.15) is 41.4 Å². The zero-order valence-corrected chi connectivity index (χ0v) is 13.9. The molecule has 4 N–H and O–H groups in total. The molecule has 0 aromatic heterocycles. The molecule has 1 aliphatic heterocycles. The monoisotopic (exact) mass is 366 g/mol. The maximum atomic E-state index is 12.2. The van der Waals surface area contributed by atoms with E-state index >= 15 is 0 Å². The molecule has 2 aromatic carbocycles. The minimum absolute atomic E-state index is 0.104. The summed E-state index contributed by atoms with van der Waals surface area (Å²) in [5.41, 5.74) is 10.1. The quantitative estimate of drug-likeness (QED) is 0.510. The van der Waals surface area contributed by atoms with Gasteiger partial charge in [0.1, 0.15) is 6.54 Å². The number of nitrogens with zero attached hydrogens (tertiary/aromatic N) is 1. The summed E-state index contributed by atoms with van der Waals surface area (Å²) in [7, 11) is 0. The van der Waals surface area contributed by atoms with Crippen LogP contribution in [0.2, 0.25) is 0 Å². The first-order valence-electron chi connectivity index (χ1n) is 7.83. The zero-order chi connectivity index (χ0) is 19.6. The van der Waals surface area contributed by atoms with Gasteiger partial charge in [-0.15, -0.1) is 0 Å². The van der Waals surface area contributed by atoms with Gasteiger partial charge in [0.25, 0.3) is 23.6 Å². The highest BCUT2D eigenvalue weighted by atomic mass is 16.2. The predicted octanol–water partition coefficient (Wildman–Crippen LogP) is -0.157. The Bertz CT molecular complexity index is 950. The predicted molar refractivity (Wildman–Crippen MR) is 92.4 cm³/mol. The highest BCUT2D eigenvalue weighted by Gasteiger charge is 2.36. The summed E-state index contributed by atoms with van der Waals surface area (Å²) in [6, 6.07) is 11.9. The Kier molecular flexibility index (Phi) is 4.67. The normalized spacial score (nSPS) is 12.5. The highest BCUT2D eigenvalue weighted by molar-refractivity contribution is 6.22. The molecule has 0 fully saturated rings. The van der Waals surface area contributed by atoms with E-state index in [2.05, 4.69) is 10.9 Å². The number of amides is 5. The van der Waals surface area contributed by atoms with E-state index in [1.54, 1.807) is 12.1 Å². The third kappa shape index (κ3) is 3.52. The number of rotatable bonds is 4. The van der Waals surface area contributed by atoms with Crippen LogP contribution in [0.4, 0.5) is 0 Å². The van der Waals surface area contributed by atoms with Crippen molar-refractivity contribution in [2.24, 2.45) is 5.73 Å². The fourth-order valence-electron chi connectivity index (χ4n) is 2.58. The Balaban J connectivity index is 1.60. The van der Waals surface area contributed by atoms with Gasteiger partial charge >= 0.3 is 0 Å². The third-order valence-corrected chi connectivity index (χ3v) is 3.90. The molecular formula is C18H14N4O5. The molecule has 0 aliphatic carbocycles. The molecular weight excluding hydrogens is 352 g/mol. The molecule has 0 saturated heterocycles.